The van der Waals surface area contributed by atoms with Crippen molar-refractivity contribution >= 4 is 16.9 Å². The molecule has 3 aromatic heterocycles. The summed E-state index contributed by atoms with van der Waals surface area (Å²) in [4.78, 5) is 11.1. The molecule has 0 aromatic carbocycles. The Bertz CT molecular complexity index is 792. The first-order valence-electron chi connectivity index (χ1n) is 7.06. The van der Waals surface area contributed by atoms with Gasteiger partial charge in [-0.25, -0.2) is 9.97 Å². The fourth-order valence-electron chi connectivity index (χ4n) is 3.05. The first kappa shape index (κ1) is 12.3. The number of hydrogen-bond acceptors (Lipinski definition) is 6. The number of aromatic nitrogens is 5. The largest absolute Gasteiger partial charge is 0.361 e. The fourth-order valence-corrected chi connectivity index (χ4v) is 3.05. The Morgan fingerprint density at radius 2 is 2.24 bits per heavy atom. The van der Waals surface area contributed by atoms with Crippen molar-refractivity contribution < 1.29 is 4.52 Å². The third-order valence-electron chi connectivity index (χ3n) is 4.02. The van der Waals surface area contributed by atoms with Gasteiger partial charge in [0.2, 0.25) is 0 Å². The quantitative estimate of drug-likeness (QED) is 0.716. The van der Waals surface area contributed by atoms with E-state index >= 15 is 0 Å². The Morgan fingerprint density at radius 1 is 1.33 bits per heavy atom. The molecule has 0 N–H and O–H groups in total. The molecule has 1 unspecified atom stereocenters. The van der Waals surface area contributed by atoms with E-state index in [4.69, 9.17) is 4.52 Å². The van der Waals surface area contributed by atoms with Crippen LogP contribution in [-0.4, -0.2) is 31.4 Å². The van der Waals surface area contributed by atoms with Crippen LogP contribution in [0.1, 0.15) is 30.3 Å². The van der Waals surface area contributed by atoms with E-state index in [9.17, 15) is 0 Å². The molecular formula is C14H16N6O. The molecule has 108 valence electrons. The number of fused-ring (bicyclic) bond motifs is 1. The number of nitrogens with zero attached hydrogens (tertiary/aromatic N) is 6. The summed E-state index contributed by atoms with van der Waals surface area (Å²) >= 11 is 0. The van der Waals surface area contributed by atoms with Crippen molar-refractivity contribution in [2.75, 3.05) is 11.4 Å². The van der Waals surface area contributed by atoms with Crippen molar-refractivity contribution in [3.05, 3.63) is 30.0 Å². The summed E-state index contributed by atoms with van der Waals surface area (Å²) in [5.41, 5.74) is 1.82. The number of anilines is 1. The molecule has 4 heterocycles. The van der Waals surface area contributed by atoms with Crippen molar-refractivity contribution in [3.8, 4) is 0 Å². The normalized spacial score (nSPS) is 18.8. The first-order chi connectivity index (χ1) is 10.2. The zero-order valence-electron chi connectivity index (χ0n) is 12.0. The Balaban J connectivity index is 1.80. The van der Waals surface area contributed by atoms with Crippen molar-refractivity contribution in [2.45, 2.75) is 25.8 Å². The van der Waals surface area contributed by atoms with Crippen molar-refractivity contribution in [1.82, 2.24) is 24.9 Å². The molecule has 21 heavy (non-hydrogen) atoms. The lowest BCUT2D eigenvalue weighted by molar-refractivity contribution is 0.385. The molecule has 1 atom stereocenters. The molecule has 7 nitrogen and oxygen atoms in total. The molecule has 1 saturated heterocycles. The lowest BCUT2D eigenvalue weighted by Gasteiger charge is -2.24. The highest BCUT2D eigenvalue weighted by atomic mass is 16.5. The molecule has 4 rings (SSSR count). The Labute approximate surface area is 121 Å². The first-order valence-corrected chi connectivity index (χ1v) is 7.06. The van der Waals surface area contributed by atoms with Gasteiger partial charge in [0.05, 0.1) is 17.6 Å². The van der Waals surface area contributed by atoms with Gasteiger partial charge in [-0.2, -0.15) is 5.10 Å². The molecule has 7 heteroatoms. The van der Waals surface area contributed by atoms with Gasteiger partial charge in [-0.15, -0.1) is 0 Å². The van der Waals surface area contributed by atoms with E-state index in [0.717, 1.165) is 47.7 Å². The van der Waals surface area contributed by atoms with E-state index in [1.165, 1.54) is 0 Å². The minimum absolute atomic E-state index is 0.209. The van der Waals surface area contributed by atoms with Gasteiger partial charge in [0, 0.05) is 19.7 Å². The molecule has 3 aromatic rings. The Morgan fingerprint density at radius 3 is 3.05 bits per heavy atom. The van der Waals surface area contributed by atoms with Crippen molar-refractivity contribution in [1.29, 1.82) is 0 Å². The minimum Gasteiger partial charge on any atom is -0.361 e. The fraction of sp³-hybridized carbons (Fsp3) is 0.429. The summed E-state index contributed by atoms with van der Waals surface area (Å²) < 4.78 is 7.00. The van der Waals surface area contributed by atoms with Crippen LogP contribution in [0.2, 0.25) is 0 Å². The van der Waals surface area contributed by atoms with Crippen molar-refractivity contribution in [2.24, 2.45) is 7.05 Å². The lowest BCUT2D eigenvalue weighted by Crippen LogP contribution is -2.24. The third kappa shape index (κ3) is 1.88. The van der Waals surface area contributed by atoms with Gasteiger partial charge in [0.15, 0.2) is 5.65 Å². The summed E-state index contributed by atoms with van der Waals surface area (Å²) in [7, 11) is 1.89. The highest BCUT2D eigenvalue weighted by Gasteiger charge is 2.31. The second-order valence-corrected chi connectivity index (χ2v) is 5.42. The Hall–Kier alpha value is -2.44. The standard InChI is InChI=1S/C14H16N6O/c1-9-6-11(18-21-9)12-4-3-5-20(12)14-10-7-17-19(2)13(10)15-8-16-14/h6-8,12H,3-5H2,1-2H3. The van der Waals surface area contributed by atoms with E-state index in [0.29, 0.717) is 0 Å². The Kier molecular flexibility index (Phi) is 2.66. The van der Waals surface area contributed by atoms with E-state index < -0.39 is 0 Å². The molecule has 0 spiro atoms. The van der Waals surface area contributed by atoms with Gasteiger partial charge in [0.1, 0.15) is 23.6 Å². The zero-order valence-corrected chi connectivity index (χ0v) is 12.0. The SMILES string of the molecule is Cc1cc(C2CCCN2c2ncnc3c2cnn3C)no1. The maximum atomic E-state index is 5.23. The van der Waals surface area contributed by atoms with Crippen LogP contribution >= 0.6 is 0 Å². The van der Waals surface area contributed by atoms with Gasteiger partial charge in [-0.1, -0.05) is 5.16 Å². The summed E-state index contributed by atoms with van der Waals surface area (Å²) in [5, 5.41) is 9.44. The number of aryl methyl sites for hydroxylation is 2. The molecular weight excluding hydrogens is 268 g/mol. The van der Waals surface area contributed by atoms with Crippen LogP contribution in [0.4, 0.5) is 5.82 Å². The van der Waals surface area contributed by atoms with Crippen LogP contribution in [-0.2, 0) is 7.05 Å². The van der Waals surface area contributed by atoms with E-state index in [-0.39, 0.29) is 6.04 Å². The second kappa shape index (κ2) is 4.54. The number of rotatable bonds is 2. The maximum absolute atomic E-state index is 5.23. The van der Waals surface area contributed by atoms with Gasteiger partial charge >= 0.3 is 0 Å². The minimum atomic E-state index is 0.209. The molecule has 1 aliphatic heterocycles. The van der Waals surface area contributed by atoms with Gasteiger partial charge in [-0.3, -0.25) is 4.68 Å². The van der Waals surface area contributed by atoms with E-state index in [1.807, 2.05) is 26.2 Å². The zero-order chi connectivity index (χ0) is 14.4. The van der Waals surface area contributed by atoms with Crippen LogP contribution in [0.3, 0.4) is 0 Å². The lowest BCUT2D eigenvalue weighted by atomic mass is 10.1. The van der Waals surface area contributed by atoms with Gasteiger partial charge in [-0.05, 0) is 19.8 Å². The molecule has 0 amide bonds. The molecule has 1 aliphatic rings. The van der Waals surface area contributed by atoms with Crippen LogP contribution in [0, 0.1) is 6.92 Å². The highest BCUT2D eigenvalue weighted by molar-refractivity contribution is 5.86. The molecule has 0 saturated carbocycles. The topological polar surface area (TPSA) is 72.9 Å². The monoisotopic (exact) mass is 284 g/mol. The molecule has 0 bridgehead atoms. The predicted octanol–water partition coefficient (Wildman–Crippen LogP) is 2.00. The van der Waals surface area contributed by atoms with Gasteiger partial charge < -0.3 is 9.42 Å². The smallest absolute Gasteiger partial charge is 0.163 e. The summed E-state index contributed by atoms with van der Waals surface area (Å²) in [5.74, 6) is 1.77. The molecule has 1 fully saturated rings. The number of hydrogen-bond donors (Lipinski definition) is 0. The molecule has 0 radical (unpaired) electrons. The average molecular weight is 284 g/mol. The third-order valence-corrected chi connectivity index (χ3v) is 4.02. The van der Waals surface area contributed by atoms with Crippen LogP contribution in [0.5, 0.6) is 0 Å². The summed E-state index contributed by atoms with van der Waals surface area (Å²) in [6.45, 7) is 2.87. The van der Waals surface area contributed by atoms with Crippen molar-refractivity contribution in [3.63, 3.8) is 0 Å². The predicted molar refractivity (Wildman–Crippen MR) is 76.9 cm³/mol. The molecule has 0 aliphatic carbocycles. The van der Waals surface area contributed by atoms with Crippen LogP contribution < -0.4 is 4.90 Å². The highest BCUT2D eigenvalue weighted by Crippen LogP contribution is 2.37. The second-order valence-electron chi connectivity index (χ2n) is 5.42. The average Bonchev–Trinajstić information content (AvgIpc) is 3.19. The maximum Gasteiger partial charge on any atom is 0.163 e. The van der Waals surface area contributed by atoms with E-state index in [1.54, 1.807) is 11.0 Å². The van der Waals surface area contributed by atoms with E-state index in [2.05, 4.69) is 25.1 Å². The summed E-state index contributed by atoms with van der Waals surface area (Å²) in [6, 6.07) is 2.21. The van der Waals surface area contributed by atoms with Crippen LogP contribution in [0.15, 0.2) is 23.1 Å². The van der Waals surface area contributed by atoms with Gasteiger partial charge in [0.25, 0.3) is 0 Å². The van der Waals surface area contributed by atoms with Crippen LogP contribution in [0.25, 0.3) is 11.0 Å². The summed E-state index contributed by atoms with van der Waals surface area (Å²) in [6.07, 6.45) is 5.59.